The molecule has 0 aliphatic carbocycles. The smallest absolute Gasteiger partial charge is 0.248 e. The fourth-order valence-corrected chi connectivity index (χ4v) is 4.12. The number of hydrogen-bond donors (Lipinski definition) is 0. The Morgan fingerprint density at radius 1 is 1.32 bits per heavy atom. The van der Waals surface area contributed by atoms with Crippen LogP contribution in [0.1, 0.15) is 4.88 Å². The van der Waals surface area contributed by atoms with Crippen molar-refractivity contribution in [3.8, 4) is 0 Å². The van der Waals surface area contributed by atoms with E-state index >= 15 is 0 Å². The number of carbonyl (C=O) groups is 1. The Balaban J connectivity index is 1.57. The van der Waals surface area contributed by atoms with Gasteiger partial charge in [0.25, 0.3) is 0 Å². The van der Waals surface area contributed by atoms with Gasteiger partial charge in [-0.05, 0) is 11.4 Å². The summed E-state index contributed by atoms with van der Waals surface area (Å²) >= 11 is 3.41. The van der Waals surface area contributed by atoms with Crippen LogP contribution in [0.5, 0.6) is 0 Å². The molecule has 0 saturated carbocycles. The van der Waals surface area contributed by atoms with Gasteiger partial charge in [-0.2, -0.15) is 5.10 Å². The van der Waals surface area contributed by atoms with Crippen LogP contribution in [0.2, 0.25) is 0 Å². The Bertz CT molecular complexity index is 578. The Hall–Kier alpha value is -1.38. The van der Waals surface area contributed by atoms with Crippen molar-refractivity contribution in [1.29, 1.82) is 0 Å². The minimum absolute atomic E-state index is 0.0541. The first-order valence-electron chi connectivity index (χ1n) is 7.11. The van der Waals surface area contributed by atoms with E-state index in [9.17, 15) is 4.79 Å². The molecule has 1 aromatic heterocycles. The van der Waals surface area contributed by atoms with Crippen LogP contribution < -0.4 is 0 Å². The summed E-state index contributed by atoms with van der Waals surface area (Å²) in [5, 5.41) is 11.7. The van der Waals surface area contributed by atoms with Crippen LogP contribution in [0.25, 0.3) is 0 Å². The lowest BCUT2D eigenvalue weighted by atomic mass is 10.3. The zero-order valence-electron chi connectivity index (χ0n) is 12.4. The Morgan fingerprint density at radius 2 is 2.14 bits per heavy atom. The number of nitrogens with zero attached hydrogens (tertiary/aromatic N) is 4. The number of carbonyl (C=O) groups excluding carboxylic acids is 1. The van der Waals surface area contributed by atoms with Crippen molar-refractivity contribution in [1.82, 2.24) is 9.80 Å². The van der Waals surface area contributed by atoms with Gasteiger partial charge in [-0.15, -0.1) is 16.4 Å². The first-order chi connectivity index (χ1) is 10.8. The minimum Gasteiger partial charge on any atom is -0.375 e. The van der Waals surface area contributed by atoms with E-state index in [4.69, 9.17) is 4.74 Å². The highest BCUT2D eigenvalue weighted by Gasteiger charge is 2.25. The van der Waals surface area contributed by atoms with Crippen LogP contribution in [0, 0.1) is 0 Å². The van der Waals surface area contributed by atoms with Gasteiger partial charge in [0.15, 0.2) is 5.17 Å². The van der Waals surface area contributed by atoms with Gasteiger partial charge in [0, 0.05) is 39.0 Å². The van der Waals surface area contributed by atoms with Crippen LogP contribution in [-0.2, 0) is 9.53 Å². The van der Waals surface area contributed by atoms with Gasteiger partial charge in [0.2, 0.25) is 5.91 Å². The maximum absolute atomic E-state index is 11.8. The van der Waals surface area contributed by atoms with Crippen LogP contribution in [0.15, 0.2) is 27.7 Å². The normalized spacial score (nSPS) is 19.0. The molecular weight excluding hydrogens is 320 g/mol. The van der Waals surface area contributed by atoms with E-state index in [0.29, 0.717) is 13.1 Å². The van der Waals surface area contributed by atoms with Crippen molar-refractivity contribution in [2.45, 2.75) is 0 Å². The van der Waals surface area contributed by atoms with Crippen molar-refractivity contribution in [2.75, 3.05) is 45.6 Å². The van der Waals surface area contributed by atoms with E-state index in [1.54, 1.807) is 30.2 Å². The molecule has 118 valence electrons. The molecule has 1 saturated heterocycles. The van der Waals surface area contributed by atoms with Crippen LogP contribution >= 0.6 is 23.1 Å². The van der Waals surface area contributed by atoms with Gasteiger partial charge in [-0.1, -0.05) is 17.8 Å². The molecule has 22 heavy (non-hydrogen) atoms. The zero-order chi connectivity index (χ0) is 15.4. The fourth-order valence-electron chi connectivity index (χ4n) is 2.37. The number of piperazine rings is 1. The average molecular weight is 338 g/mol. The molecule has 2 aliphatic heterocycles. The van der Waals surface area contributed by atoms with E-state index in [2.05, 4.69) is 26.5 Å². The third-order valence-corrected chi connectivity index (χ3v) is 5.51. The Morgan fingerprint density at radius 3 is 2.73 bits per heavy atom. The number of amidine groups is 1. The second kappa shape index (κ2) is 7.26. The van der Waals surface area contributed by atoms with Crippen LogP contribution in [0.4, 0.5) is 0 Å². The van der Waals surface area contributed by atoms with Gasteiger partial charge in [0.1, 0.15) is 6.61 Å². The van der Waals surface area contributed by atoms with E-state index in [0.717, 1.165) is 29.7 Å². The molecule has 0 radical (unpaired) electrons. The van der Waals surface area contributed by atoms with Crippen molar-refractivity contribution < 1.29 is 9.53 Å². The number of amides is 1. The molecule has 8 heteroatoms. The van der Waals surface area contributed by atoms with Crippen molar-refractivity contribution in [3.63, 3.8) is 0 Å². The summed E-state index contributed by atoms with van der Waals surface area (Å²) < 4.78 is 4.90. The summed E-state index contributed by atoms with van der Waals surface area (Å²) in [6.45, 7) is 3.17. The topological polar surface area (TPSA) is 57.5 Å². The SMILES string of the molecule is COCC(=O)N1CCN(C2=NN=C(c3cccs3)CS2)CC1. The molecule has 3 rings (SSSR count). The summed E-state index contributed by atoms with van der Waals surface area (Å²) in [6.07, 6.45) is 0. The number of thiophene rings is 1. The van der Waals surface area contributed by atoms with Gasteiger partial charge < -0.3 is 14.5 Å². The number of ether oxygens (including phenoxy) is 1. The molecule has 0 atom stereocenters. The maximum atomic E-state index is 11.8. The summed E-state index contributed by atoms with van der Waals surface area (Å²) in [6, 6.07) is 4.10. The largest absolute Gasteiger partial charge is 0.375 e. The van der Waals surface area contributed by atoms with E-state index in [1.165, 1.54) is 4.88 Å². The number of methoxy groups -OCH3 is 1. The maximum Gasteiger partial charge on any atom is 0.248 e. The van der Waals surface area contributed by atoms with Gasteiger partial charge in [-0.25, -0.2) is 0 Å². The molecule has 0 aromatic carbocycles. The molecule has 0 unspecified atom stereocenters. The third kappa shape index (κ3) is 3.50. The van der Waals surface area contributed by atoms with E-state index in [1.807, 2.05) is 11.0 Å². The van der Waals surface area contributed by atoms with Crippen molar-refractivity contribution in [3.05, 3.63) is 22.4 Å². The predicted octanol–water partition coefficient (Wildman–Crippen LogP) is 1.35. The second-order valence-corrected chi connectivity index (χ2v) is 6.89. The second-order valence-electron chi connectivity index (χ2n) is 5.00. The highest BCUT2D eigenvalue weighted by molar-refractivity contribution is 8.14. The van der Waals surface area contributed by atoms with Crippen molar-refractivity contribution >= 4 is 39.9 Å². The molecule has 6 nitrogen and oxygen atoms in total. The molecule has 0 bridgehead atoms. The number of rotatable bonds is 3. The van der Waals surface area contributed by atoms with Gasteiger partial charge >= 0.3 is 0 Å². The molecular formula is C14H18N4O2S2. The molecule has 3 heterocycles. The van der Waals surface area contributed by atoms with Crippen LogP contribution in [-0.4, -0.2) is 72.2 Å². The number of hydrogen-bond acceptors (Lipinski definition) is 7. The summed E-state index contributed by atoms with van der Waals surface area (Å²) in [5.41, 5.74) is 1.04. The molecule has 1 aromatic rings. The highest BCUT2D eigenvalue weighted by atomic mass is 32.2. The van der Waals surface area contributed by atoms with Gasteiger partial charge in [-0.3, -0.25) is 4.79 Å². The average Bonchev–Trinajstić information content (AvgIpc) is 3.10. The Labute approximate surface area is 137 Å². The monoisotopic (exact) mass is 338 g/mol. The molecule has 0 N–H and O–H groups in total. The van der Waals surface area contributed by atoms with Crippen molar-refractivity contribution in [2.24, 2.45) is 10.2 Å². The quantitative estimate of drug-likeness (QED) is 0.835. The summed E-state index contributed by atoms with van der Waals surface area (Å²) in [7, 11) is 1.55. The van der Waals surface area contributed by atoms with E-state index < -0.39 is 0 Å². The van der Waals surface area contributed by atoms with Gasteiger partial charge in [0.05, 0.1) is 10.6 Å². The fraction of sp³-hybridized carbons (Fsp3) is 0.500. The Kier molecular flexibility index (Phi) is 5.12. The molecule has 0 spiro atoms. The zero-order valence-corrected chi connectivity index (χ0v) is 14.0. The number of thioether (sulfide) groups is 1. The predicted molar refractivity (Wildman–Crippen MR) is 90.8 cm³/mol. The molecule has 2 aliphatic rings. The van der Waals surface area contributed by atoms with Crippen LogP contribution in [0.3, 0.4) is 0 Å². The lowest BCUT2D eigenvalue weighted by Crippen LogP contribution is -2.51. The molecule has 1 fully saturated rings. The highest BCUT2D eigenvalue weighted by Crippen LogP contribution is 2.21. The minimum atomic E-state index is 0.0541. The standard InChI is InChI=1S/C14H18N4O2S2/c1-20-9-13(19)17-4-6-18(7-5-17)14-16-15-11(10-22-14)12-3-2-8-21-12/h2-3,8H,4-7,9-10H2,1H3. The van der Waals surface area contributed by atoms with E-state index in [-0.39, 0.29) is 12.5 Å². The first kappa shape index (κ1) is 15.5. The summed E-state index contributed by atoms with van der Waals surface area (Å²) in [4.78, 5) is 17.0. The third-order valence-electron chi connectivity index (χ3n) is 3.57. The first-order valence-corrected chi connectivity index (χ1v) is 8.97. The lowest BCUT2D eigenvalue weighted by Gasteiger charge is -2.36. The molecule has 1 amide bonds. The lowest BCUT2D eigenvalue weighted by molar-refractivity contribution is -0.136. The summed E-state index contributed by atoms with van der Waals surface area (Å²) in [5.74, 6) is 0.903.